The second kappa shape index (κ2) is 5.84. The van der Waals surface area contributed by atoms with E-state index in [0.29, 0.717) is 11.4 Å². The minimum Gasteiger partial charge on any atom is -0.495 e. The summed E-state index contributed by atoms with van der Waals surface area (Å²) in [6, 6.07) is 11.8. The Balaban J connectivity index is 2.00. The topological polar surface area (TPSA) is 57.9 Å². The molecule has 0 radical (unpaired) electrons. The smallest absolute Gasteiger partial charge is 0.148 e. The van der Waals surface area contributed by atoms with Crippen LogP contribution in [0.4, 0.5) is 11.5 Å². The molecule has 0 saturated carbocycles. The molecule has 0 fully saturated rings. The van der Waals surface area contributed by atoms with Gasteiger partial charge < -0.3 is 10.1 Å². The van der Waals surface area contributed by atoms with E-state index in [4.69, 9.17) is 4.74 Å². The first-order chi connectivity index (χ1) is 10.3. The maximum Gasteiger partial charge on any atom is 0.148 e. The highest BCUT2D eigenvalue weighted by Crippen LogP contribution is 2.30. The van der Waals surface area contributed by atoms with Gasteiger partial charge in [0.15, 0.2) is 0 Å². The van der Waals surface area contributed by atoms with Crippen LogP contribution in [-0.2, 0) is 12.8 Å². The van der Waals surface area contributed by atoms with E-state index >= 15 is 0 Å². The first-order valence-corrected chi connectivity index (χ1v) is 7.15. The normalized spacial score (nSPS) is 13.1. The predicted molar refractivity (Wildman–Crippen MR) is 81.9 cm³/mol. The number of hydrogen-bond donors (Lipinski definition) is 1. The van der Waals surface area contributed by atoms with Gasteiger partial charge in [0.2, 0.25) is 0 Å². The van der Waals surface area contributed by atoms with E-state index in [1.54, 1.807) is 7.11 Å². The van der Waals surface area contributed by atoms with Crippen molar-refractivity contribution in [2.45, 2.75) is 25.7 Å². The van der Waals surface area contributed by atoms with Crippen LogP contribution in [0.5, 0.6) is 5.75 Å². The van der Waals surface area contributed by atoms with Gasteiger partial charge in [-0.25, -0.2) is 4.98 Å². The average Bonchev–Trinajstić information content (AvgIpc) is 2.54. The molecule has 1 aromatic heterocycles. The molecule has 0 saturated heterocycles. The van der Waals surface area contributed by atoms with Crippen molar-refractivity contribution >= 4 is 11.5 Å². The van der Waals surface area contributed by atoms with E-state index in [9.17, 15) is 5.26 Å². The van der Waals surface area contributed by atoms with Crippen LogP contribution in [0.1, 0.15) is 29.7 Å². The number of aryl methyl sites for hydroxylation is 2. The molecule has 1 aliphatic carbocycles. The number of nitrogens with zero attached hydrogens (tertiary/aromatic N) is 2. The third-order valence-electron chi connectivity index (χ3n) is 3.78. The molecule has 0 bridgehead atoms. The summed E-state index contributed by atoms with van der Waals surface area (Å²) in [5.41, 5.74) is 3.72. The molecule has 1 heterocycles. The van der Waals surface area contributed by atoms with E-state index in [0.717, 1.165) is 30.0 Å². The number of pyridine rings is 1. The van der Waals surface area contributed by atoms with Gasteiger partial charge in [0.25, 0.3) is 0 Å². The van der Waals surface area contributed by atoms with Crippen LogP contribution >= 0.6 is 0 Å². The number of aromatic nitrogens is 1. The van der Waals surface area contributed by atoms with Crippen LogP contribution in [0.25, 0.3) is 0 Å². The van der Waals surface area contributed by atoms with E-state index in [-0.39, 0.29) is 0 Å². The lowest BCUT2D eigenvalue weighted by Gasteiger charge is -2.18. The third-order valence-corrected chi connectivity index (χ3v) is 3.78. The second-order valence-electron chi connectivity index (χ2n) is 5.13. The summed E-state index contributed by atoms with van der Waals surface area (Å²) in [6.45, 7) is 0. The number of anilines is 2. The summed E-state index contributed by atoms with van der Waals surface area (Å²) in [5.74, 6) is 1.35. The molecule has 1 aliphatic rings. The fourth-order valence-electron chi connectivity index (χ4n) is 2.69. The van der Waals surface area contributed by atoms with Crippen LogP contribution in [0, 0.1) is 11.3 Å². The number of para-hydroxylation sites is 2. The Hall–Kier alpha value is -2.54. The van der Waals surface area contributed by atoms with Crippen molar-refractivity contribution in [1.82, 2.24) is 4.98 Å². The van der Waals surface area contributed by atoms with Gasteiger partial charge in [0, 0.05) is 5.69 Å². The highest BCUT2D eigenvalue weighted by molar-refractivity contribution is 5.68. The van der Waals surface area contributed by atoms with Gasteiger partial charge in [-0.15, -0.1) is 0 Å². The lowest BCUT2D eigenvalue weighted by atomic mass is 9.95. The number of hydrogen-bond acceptors (Lipinski definition) is 4. The first-order valence-electron chi connectivity index (χ1n) is 7.15. The van der Waals surface area contributed by atoms with Gasteiger partial charge in [-0.05, 0) is 49.4 Å². The molecular formula is C17H17N3O. The Bertz CT molecular complexity index is 704. The van der Waals surface area contributed by atoms with Gasteiger partial charge in [0.05, 0.1) is 18.4 Å². The van der Waals surface area contributed by atoms with Crippen molar-refractivity contribution in [3.05, 3.63) is 47.2 Å². The second-order valence-corrected chi connectivity index (χ2v) is 5.13. The predicted octanol–water partition coefficient (Wildman–Crippen LogP) is 3.58. The lowest BCUT2D eigenvalue weighted by molar-refractivity contribution is 0.417. The van der Waals surface area contributed by atoms with Crippen molar-refractivity contribution in [1.29, 1.82) is 5.26 Å². The van der Waals surface area contributed by atoms with Crippen molar-refractivity contribution < 1.29 is 4.74 Å². The monoisotopic (exact) mass is 279 g/mol. The zero-order chi connectivity index (χ0) is 14.7. The molecular weight excluding hydrogens is 262 g/mol. The van der Waals surface area contributed by atoms with Gasteiger partial charge in [0.1, 0.15) is 17.6 Å². The van der Waals surface area contributed by atoms with E-state index < -0.39 is 0 Å². The van der Waals surface area contributed by atoms with Crippen LogP contribution < -0.4 is 10.1 Å². The molecule has 1 aromatic carbocycles. The molecule has 0 atom stereocenters. The number of ether oxygens (including phenoxy) is 1. The number of nitriles is 1. The largest absolute Gasteiger partial charge is 0.495 e. The number of fused-ring (bicyclic) bond motifs is 1. The Kier molecular flexibility index (Phi) is 3.74. The minimum absolute atomic E-state index is 0.585. The summed E-state index contributed by atoms with van der Waals surface area (Å²) >= 11 is 0. The Morgan fingerprint density at radius 1 is 1.24 bits per heavy atom. The highest BCUT2D eigenvalue weighted by Gasteiger charge is 2.16. The summed E-state index contributed by atoms with van der Waals surface area (Å²) in [7, 11) is 1.63. The van der Waals surface area contributed by atoms with Crippen molar-refractivity contribution in [3.63, 3.8) is 0 Å². The molecule has 21 heavy (non-hydrogen) atoms. The van der Waals surface area contributed by atoms with E-state index in [1.165, 1.54) is 18.4 Å². The zero-order valence-electron chi connectivity index (χ0n) is 12.0. The first kappa shape index (κ1) is 13.4. The van der Waals surface area contributed by atoms with Gasteiger partial charge in [-0.2, -0.15) is 5.26 Å². The molecule has 3 rings (SSSR count). The molecule has 106 valence electrons. The minimum atomic E-state index is 0.585. The molecule has 2 aromatic rings. The highest BCUT2D eigenvalue weighted by atomic mass is 16.5. The quantitative estimate of drug-likeness (QED) is 0.933. The van der Waals surface area contributed by atoms with Gasteiger partial charge >= 0.3 is 0 Å². The Morgan fingerprint density at radius 2 is 2.05 bits per heavy atom. The molecule has 0 aliphatic heterocycles. The molecule has 4 nitrogen and oxygen atoms in total. The van der Waals surface area contributed by atoms with Crippen molar-refractivity contribution in [2.75, 3.05) is 12.4 Å². The SMILES string of the molecule is COc1ccccc1Nc1nc2c(cc1C#N)CCCC2. The third kappa shape index (κ3) is 2.68. The van der Waals surface area contributed by atoms with Crippen LogP contribution in [0.2, 0.25) is 0 Å². The van der Waals surface area contributed by atoms with Crippen molar-refractivity contribution in [3.8, 4) is 11.8 Å². The molecule has 4 heteroatoms. The molecule has 0 spiro atoms. The number of methoxy groups -OCH3 is 1. The standard InChI is InChI=1S/C17H17N3O/c1-21-16-9-5-4-8-15(16)20-17-13(11-18)10-12-6-2-3-7-14(12)19-17/h4-5,8-10H,2-3,6-7H2,1H3,(H,19,20). The van der Waals surface area contributed by atoms with E-state index in [1.807, 2.05) is 30.3 Å². The zero-order valence-corrected chi connectivity index (χ0v) is 12.0. The summed E-state index contributed by atoms with van der Waals surface area (Å²) in [5, 5.41) is 12.6. The fourth-order valence-corrected chi connectivity index (χ4v) is 2.69. The molecule has 0 amide bonds. The van der Waals surface area contributed by atoms with Gasteiger partial charge in [-0.3, -0.25) is 0 Å². The summed E-state index contributed by atoms with van der Waals surface area (Å²) < 4.78 is 5.33. The average molecular weight is 279 g/mol. The molecule has 1 N–H and O–H groups in total. The number of rotatable bonds is 3. The number of benzene rings is 1. The maximum absolute atomic E-state index is 9.36. The van der Waals surface area contributed by atoms with Crippen LogP contribution in [0.3, 0.4) is 0 Å². The van der Waals surface area contributed by atoms with Crippen LogP contribution in [0.15, 0.2) is 30.3 Å². The van der Waals surface area contributed by atoms with Gasteiger partial charge in [-0.1, -0.05) is 12.1 Å². The Morgan fingerprint density at radius 3 is 2.86 bits per heavy atom. The Labute approximate surface area is 124 Å². The summed E-state index contributed by atoms with van der Waals surface area (Å²) in [4.78, 5) is 4.67. The van der Waals surface area contributed by atoms with E-state index in [2.05, 4.69) is 16.4 Å². The van der Waals surface area contributed by atoms with Crippen molar-refractivity contribution in [2.24, 2.45) is 0 Å². The maximum atomic E-state index is 9.36. The summed E-state index contributed by atoms with van der Waals surface area (Å²) in [6.07, 6.45) is 4.35. The fraction of sp³-hybridized carbons (Fsp3) is 0.294. The number of nitrogens with one attached hydrogen (secondary N) is 1. The lowest BCUT2D eigenvalue weighted by Crippen LogP contribution is -2.09. The molecule has 0 unspecified atom stereocenters. The van der Waals surface area contributed by atoms with Crippen LogP contribution in [-0.4, -0.2) is 12.1 Å².